The third kappa shape index (κ3) is 12.8. The third-order valence-corrected chi connectivity index (χ3v) is 4.55. The number of ether oxygens (including phenoxy) is 2. The van der Waals surface area contributed by atoms with Gasteiger partial charge in [0.2, 0.25) is 0 Å². The first-order valence-corrected chi connectivity index (χ1v) is 11.4. The van der Waals surface area contributed by atoms with Gasteiger partial charge in [-0.15, -0.1) is 0 Å². The summed E-state index contributed by atoms with van der Waals surface area (Å²) in [5.74, 6) is 0.0982. The summed E-state index contributed by atoms with van der Waals surface area (Å²) < 4.78 is 10.9. The van der Waals surface area contributed by atoms with E-state index in [2.05, 4.69) is 23.8 Å². The number of rotatable bonds is 11. The van der Waals surface area contributed by atoms with Gasteiger partial charge < -0.3 is 9.47 Å². The van der Waals surface area contributed by atoms with Crippen LogP contribution in [0.15, 0.2) is 53.1 Å². The minimum atomic E-state index is -0.613. The molecule has 0 saturated heterocycles. The highest BCUT2D eigenvalue weighted by Crippen LogP contribution is 2.15. The van der Waals surface area contributed by atoms with Gasteiger partial charge in [-0.25, -0.2) is 4.79 Å². The number of nitrogens with zero attached hydrogens (tertiary/aromatic N) is 2. The molecule has 0 aromatic carbocycles. The van der Waals surface area contributed by atoms with E-state index in [0.717, 1.165) is 17.6 Å². The van der Waals surface area contributed by atoms with Crippen molar-refractivity contribution in [2.24, 2.45) is 10.9 Å². The van der Waals surface area contributed by atoms with Crippen molar-refractivity contribution in [3.05, 3.63) is 48.1 Å². The third-order valence-electron chi connectivity index (χ3n) is 4.55. The molecule has 0 aromatic rings. The molecule has 0 rings (SSSR count). The topological polar surface area (TPSA) is 80.2 Å². The van der Waals surface area contributed by atoms with Gasteiger partial charge in [-0.3, -0.25) is 20.0 Å². The first kappa shape index (κ1) is 30.3. The Hall–Kier alpha value is -2.67. The average molecular weight is 462 g/mol. The molecule has 1 atom stereocenters. The van der Waals surface area contributed by atoms with Crippen LogP contribution in [0, 0.1) is 5.92 Å². The van der Waals surface area contributed by atoms with Crippen molar-refractivity contribution in [2.45, 2.75) is 66.5 Å². The summed E-state index contributed by atoms with van der Waals surface area (Å²) in [7, 11) is 3.44. The fraction of sp³-hybridized carbons (Fsp3) is 0.577. The summed E-state index contributed by atoms with van der Waals surface area (Å²) in [6, 6.07) is -0.442. The number of likely N-dealkylation sites (N-methyl/N-ethyl adjacent to an activating group) is 1. The van der Waals surface area contributed by atoms with Gasteiger partial charge in [-0.1, -0.05) is 51.7 Å². The van der Waals surface area contributed by atoms with Crippen LogP contribution in [0.5, 0.6) is 0 Å². The van der Waals surface area contributed by atoms with Crippen LogP contribution in [0.1, 0.15) is 54.9 Å². The zero-order chi connectivity index (χ0) is 25.6. The van der Waals surface area contributed by atoms with Crippen molar-refractivity contribution in [2.75, 3.05) is 27.2 Å². The molecule has 0 heterocycles. The SMILES string of the molecule is C=C/C(=C\C(=NC)NC(=O)OC(C)(C)C)CN(C)C(C(=O)OCC(/C=C\CC)=C/C)C(C)C. The first-order valence-electron chi connectivity index (χ1n) is 11.4. The van der Waals surface area contributed by atoms with E-state index < -0.39 is 17.7 Å². The molecule has 0 aliphatic rings. The molecule has 0 fully saturated rings. The lowest BCUT2D eigenvalue weighted by atomic mass is 10.0. The second-order valence-corrected chi connectivity index (χ2v) is 9.05. The number of esters is 1. The van der Waals surface area contributed by atoms with Crippen LogP contribution < -0.4 is 5.32 Å². The van der Waals surface area contributed by atoms with Crippen molar-refractivity contribution in [1.82, 2.24) is 10.2 Å². The number of aliphatic imine (C=N–C) groups is 1. The van der Waals surface area contributed by atoms with Crippen LogP contribution >= 0.6 is 0 Å². The van der Waals surface area contributed by atoms with E-state index in [-0.39, 0.29) is 18.5 Å². The molecule has 1 unspecified atom stereocenters. The van der Waals surface area contributed by atoms with Gasteiger partial charge in [0.05, 0.1) is 0 Å². The monoisotopic (exact) mass is 461 g/mol. The van der Waals surface area contributed by atoms with Gasteiger partial charge in [0.25, 0.3) is 0 Å². The molecular formula is C26H43N3O4. The molecule has 1 amide bonds. The van der Waals surface area contributed by atoms with E-state index in [0.29, 0.717) is 12.4 Å². The van der Waals surface area contributed by atoms with Gasteiger partial charge in [0.15, 0.2) is 0 Å². The van der Waals surface area contributed by atoms with Gasteiger partial charge in [0.1, 0.15) is 24.1 Å². The van der Waals surface area contributed by atoms with Gasteiger partial charge >= 0.3 is 12.1 Å². The molecular weight excluding hydrogens is 418 g/mol. The molecule has 0 aliphatic heterocycles. The van der Waals surface area contributed by atoms with Crippen LogP contribution in [0.4, 0.5) is 4.79 Å². The zero-order valence-corrected chi connectivity index (χ0v) is 21.9. The molecule has 1 N–H and O–H groups in total. The fourth-order valence-corrected chi connectivity index (χ4v) is 2.99. The van der Waals surface area contributed by atoms with E-state index in [1.165, 1.54) is 0 Å². The Bertz CT molecular complexity index is 771. The number of hydrogen-bond donors (Lipinski definition) is 1. The molecule has 0 saturated carbocycles. The number of amides is 1. The molecule has 33 heavy (non-hydrogen) atoms. The molecule has 7 nitrogen and oxygen atoms in total. The lowest BCUT2D eigenvalue weighted by molar-refractivity contribution is -0.150. The Morgan fingerprint density at radius 3 is 2.30 bits per heavy atom. The minimum Gasteiger partial charge on any atom is -0.460 e. The Kier molecular flexibility index (Phi) is 14.0. The normalized spacial score (nSPS) is 14.6. The van der Waals surface area contributed by atoms with Gasteiger partial charge in [0, 0.05) is 13.6 Å². The summed E-state index contributed by atoms with van der Waals surface area (Å²) in [5, 5.41) is 2.63. The number of allylic oxidation sites excluding steroid dienone is 2. The predicted octanol–water partition coefficient (Wildman–Crippen LogP) is 5.06. The standard InChI is InChI=1S/C26H43N3O4/c1-11-14-15-20(12-2)18-32-24(30)23(19(4)5)29(10)17-21(13-3)16-22(27-9)28-25(31)33-26(6,7)8/h12-16,19,23H,3,11,17-18H2,1-2,4-10H3,(H,27,28,31)/b15-14-,20-12+,21-16+. The predicted molar refractivity (Wildman–Crippen MR) is 136 cm³/mol. The highest BCUT2D eigenvalue weighted by atomic mass is 16.6. The molecule has 7 heteroatoms. The maximum Gasteiger partial charge on any atom is 0.413 e. The highest BCUT2D eigenvalue weighted by Gasteiger charge is 2.28. The molecule has 0 aromatic heterocycles. The second-order valence-electron chi connectivity index (χ2n) is 9.05. The maximum atomic E-state index is 12.9. The summed E-state index contributed by atoms with van der Waals surface area (Å²) in [4.78, 5) is 31.0. The smallest absolute Gasteiger partial charge is 0.413 e. The average Bonchev–Trinajstić information content (AvgIpc) is 2.71. The highest BCUT2D eigenvalue weighted by molar-refractivity contribution is 6.03. The van der Waals surface area contributed by atoms with E-state index in [1.807, 2.05) is 50.9 Å². The number of amidine groups is 1. The van der Waals surface area contributed by atoms with Crippen LogP contribution in [-0.4, -0.2) is 61.7 Å². The van der Waals surface area contributed by atoms with E-state index in [4.69, 9.17) is 9.47 Å². The van der Waals surface area contributed by atoms with Crippen molar-refractivity contribution < 1.29 is 19.1 Å². The van der Waals surface area contributed by atoms with Gasteiger partial charge in [-0.2, -0.15) is 0 Å². The molecule has 0 spiro atoms. The zero-order valence-electron chi connectivity index (χ0n) is 21.9. The molecule has 0 aliphatic carbocycles. The van der Waals surface area contributed by atoms with Crippen LogP contribution in [-0.2, 0) is 14.3 Å². The Morgan fingerprint density at radius 2 is 1.85 bits per heavy atom. The summed E-state index contributed by atoms with van der Waals surface area (Å²) in [6.45, 7) is 17.8. The summed E-state index contributed by atoms with van der Waals surface area (Å²) in [5.41, 5.74) is 1.13. The van der Waals surface area contributed by atoms with Crippen molar-refractivity contribution in [3.63, 3.8) is 0 Å². The summed E-state index contributed by atoms with van der Waals surface area (Å²) in [6.07, 6.45) is 9.67. The fourth-order valence-electron chi connectivity index (χ4n) is 2.99. The lowest BCUT2D eigenvalue weighted by Gasteiger charge is -2.29. The molecule has 186 valence electrons. The van der Waals surface area contributed by atoms with Crippen LogP contribution in [0.2, 0.25) is 0 Å². The number of alkyl carbamates (subject to hydrolysis) is 1. The van der Waals surface area contributed by atoms with E-state index in [9.17, 15) is 9.59 Å². The molecule has 0 bridgehead atoms. The maximum absolute atomic E-state index is 12.9. The number of carbonyl (C=O) groups is 2. The Labute approximate surface area is 200 Å². The van der Waals surface area contributed by atoms with Crippen LogP contribution in [0.25, 0.3) is 0 Å². The largest absolute Gasteiger partial charge is 0.460 e. The Morgan fingerprint density at radius 1 is 1.21 bits per heavy atom. The van der Waals surface area contributed by atoms with E-state index >= 15 is 0 Å². The minimum absolute atomic E-state index is 0.0352. The van der Waals surface area contributed by atoms with Crippen molar-refractivity contribution in [1.29, 1.82) is 0 Å². The van der Waals surface area contributed by atoms with Crippen LogP contribution in [0.3, 0.4) is 0 Å². The number of carbonyl (C=O) groups excluding carboxylic acids is 2. The number of hydrogen-bond acceptors (Lipinski definition) is 6. The Balaban J connectivity index is 5.34. The van der Waals surface area contributed by atoms with Gasteiger partial charge in [-0.05, 0) is 64.3 Å². The summed E-state index contributed by atoms with van der Waals surface area (Å²) >= 11 is 0. The van der Waals surface area contributed by atoms with Crippen molar-refractivity contribution in [3.8, 4) is 0 Å². The quantitative estimate of drug-likeness (QED) is 0.201. The second kappa shape index (κ2) is 15.2. The van der Waals surface area contributed by atoms with E-state index in [1.54, 1.807) is 40.0 Å². The first-order chi connectivity index (χ1) is 15.4. The van der Waals surface area contributed by atoms with Crippen molar-refractivity contribution >= 4 is 17.9 Å². The molecule has 0 radical (unpaired) electrons. The lowest BCUT2D eigenvalue weighted by Crippen LogP contribution is -2.44. The number of nitrogens with one attached hydrogen (secondary N) is 1.